The molecule has 0 saturated carbocycles. The van der Waals surface area contributed by atoms with Crippen LogP contribution in [0.3, 0.4) is 0 Å². The molecule has 1 fully saturated rings. The fourth-order valence-corrected chi connectivity index (χ4v) is 5.14. The summed E-state index contributed by atoms with van der Waals surface area (Å²) >= 11 is 7.42. The number of hydrogen-bond donors (Lipinski definition) is 0. The number of anilines is 1. The summed E-state index contributed by atoms with van der Waals surface area (Å²) < 4.78 is 10.5. The molecular weight excluding hydrogens is 566 g/mol. The lowest BCUT2D eigenvalue weighted by atomic mass is 10.0. The second-order valence-electron chi connectivity index (χ2n) is 9.18. The normalized spacial score (nSPS) is 14.5. The monoisotopic (exact) mass is 587 g/mol. The van der Waals surface area contributed by atoms with Crippen LogP contribution in [-0.4, -0.2) is 42.6 Å². The molecule has 2 heterocycles. The minimum atomic E-state index is -0.815. The Kier molecular flexibility index (Phi) is 8.37. The summed E-state index contributed by atoms with van der Waals surface area (Å²) in [5.41, 5.74) is 1.29. The lowest BCUT2D eigenvalue weighted by molar-refractivity contribution is -0.147. The fourth-order valence-electron chi connectivity index (χ4n) is 4.37. The zero-order valence-electron chi connectivity index (χ0n) is 21.5. The van der Waals surface area contributed by atoms with Crippen molar-refractivity contribution in [3.63, 3.8) is 0 Å². The minimum Gasteiger partial charge on any atom is -0.457 e. The summed E-state index contributed by atoms with van der Waals surface area (Å²) in [6.07, 6.45) is -0.126. The standard InChI is InChI=1S/C31H22ClNO7S/c32-22-10-13-25(24(16-22)29(36)20-5-2-1-3-6-20)33-17-21(15-28(33)35)30(37)39-18-26(34)19-8-11-23(12-9-19)40-31(38)27-7-4-14-41-27/h1-14,16,21H,15,17-18H2/t21-/m1/s1. The maximum absolute atomic E-state index is 13.2. The van der Waals surface area contributed by atoms with Crippen molar-refractivity contribution in [2.45, 2.75) is 6.42 Å². The minimum absolute atomic E-state index is 0.00708. The first-order valence-corrected chi connectivity index (χ1v) is 13.8. The number of hydrogen-bond acceptors (Lipinski definition) is 8. The number of ketones is 2. The number of benzene rings is 3. The highest BCUT2D eigenvalue weighted by molar-refractivity contribution is 7.12. The Hall–Kier alpha value is -4.60. The predicted octanol–water partition coefficient (Wildman–Crippen LogP) is 5.63. The molecule has 0 bridgehead atoms. The SMILES string of the molecule is O=C(COC(=O)[C@@H]1CC(=O)N(c2ccc(Cl)cc2C(=O)c2ccccc2)C1)c1ccc(OC(=O)c2cccs2)cc1. The molecule has 1 amide bonds. The lowest BCUT2D eigenvalue weighted by Gasteiger charge is -2.20. The van der Waals surface area contributed by atoms with Crippen molar-refractivity contribution in [2.24, 2.45) is 5.92 Å². The van der Waals surface area contributed by atoms with Crippen molar-refractivity contribution in [3.05, 3.63) is 117 Å². The van der Waals surface area contributed by atoms with Crippen LogP contribution in [0.4, 0.5) is 5.69 Å². The molecule has 206 valence electrons. The highest BCUT2D eigenvalue weighted by atomic mass is 35.5. The third kappa shape index (κ3) is 6.42. The van der Waals surface area contributed by atoms with Crippen LogP contribution in [0.25, 0.3) is 0 Å². The molecule has 0 N–H and O–H groups in total. The molecular formula is C31H22ClNO7S. The molecule has 3 aromatic carbocycles. The first kappa shape index (κ1) is 27.9. The Labute approximate surface area is 244 Å². The van der Waals surface area contributed by atoms with E-state index in [0.29, 0.717) is 21.2 Å². The highest BCUT2D eigenvalue weighted by Gasteiger charge is 2.38. The van der Waals surface area contributed by atoms with Gasteiger partial charge in [-0.2, -0.15) is 0 Å². The molecule has 1 atom stereocenters. The van der Waals surface area contributed by atoms with Gasteiger partial charge in [0, 0.05) is 34.7 Å². The smallest absolute Gasteiger partial charge is 0.353 e. The van der Waals surface area contributed by atoms with E-state index in [1.54, 1.807) is 60.0 Å². The molecule has 1 aliphatic rings. The van der Waals surface area contributed by atoms with Crippen LogP contribution in [0, 0.1) is 5.92 Å². The van der Waals surface area contributed by atoms with E-state index in [1.807, 2.05) is 0 Å². The molecule has 1 aromatic heterocycles. The highest BCUT2D eigenvalue weighted by Crippen LogP contribution is 2.32. The Morgan fingerprint density at radius 2 is 1.66 bits per heavy atom. The quantitative estimate of drug-likeness (QED) is 0.142. The summed E-state index contributed by atoms with van der Waals surface area (Å²) in [5, 5.41) is 2.10. The number of carbonyl (C=O) groups is 5. The van der Waals surface area contributed by atoms with Crippen LogP contribution in [-0.2, 0) is 14.3 Å². The van der Waals surface area contributed by atoms with E-state index >= 15 is 0 Å². The molecule has 8 nitrogen and oxygen atoms in total. The Morgan fingerprint density at radius 3 is 2.37 bits per heavy atom. The molecule has 10 heteroatoms. The van der Waals surface area contributed by atoms with Crippen LogP contribution in [0.5, 0.6) is 5.75 Å². The number of carbonyl (C=O) groups excluding carboxylic acids is 5. The van der Waals surface area contributed by atoms with Gasteiger partial charge in [-0.05, 0) is 53.9 Å². The van der Waals surface area contributed by atoms with Crippen molar-refractivity contribution in [3.8, 4) is 5.75 Å². The van der Waals surface area contributed by atoms with Crippen LogP contribution in [0.2, 0.25) is 5.02 Å². The summed E-state index contributed by atoms with van der Waals surface area (Å²) in [7, 11) is 0. The van der Waals surface area contributed by atoms with E-state index in [-0.39, 0.29) is 41.5 Å². The molecule has 0 radical (unpaired) electrons. The number of halogens is 1. The summed E-state index contributed by atoms with van der Waals surface area (Å²) in [5.74, 6) is -2.85. The van der Waals surface area contributed by atoms with Crippen molar-refractivity contribution >= 4 is 58.0 Å². The van der Waals surface area contributed by atoms with Gasteiger partial charge in [0.1, 0.15) is 10.6 Å². The maximum Gasteiger partial charge on any atom is 0.353 e. The average Bonchev–Trinajstić information content (AvgIpc) is 3.67. The number of ether oxygens (including phenoxy) is 2. The first-order chi connectivity index (χ1) is 19.8. The van der Waals surface area contributed by atoms with Gasteiger partial charge in [0.05, 0.1) is 11.6 Å². The van der Waals surface area contributed by atoms with Gasteiger partial charge in [-0.15, -0.1) is 11.3 Å². The van der Waals surface area contributed by atoms with Gasteiger partial charge in [0.15, 0.2) is 18.2 Å². The van der Waals surface area contributed by atoms with E-state index < -0.39 is 30.2 Å². The van der Waals surface area contributed by atoms with Crippen molar-refractivity contribution in [1.29, 1.82) is 0 Å². The summed E-state index contributed by atoms with van der Waals surface area (Å²) in [6, 6.07) is 22.5. The molecule has 1 aliphatic heterocycles. The zero-order chi connectivity index (χ0) is 28.9. The Morgan fingerprint density at radius 1 is 0.902 bits per heavy atom. The maximum atomic E-state index is 13.2. The van der Waals surface area contributed by atoms with Gasteiger partial charge in [-0.25, -0.2) is 4.79 Å². The largest absolute Gasteiger partial charge is 0.457 e. The van der Waals surface area contributed by atoms with E-state index in [9.17, 15) is 24.0 Å². The number of rotatable bonds is 9. The van der Waals surface area contributed by atoms with Crippen LogP contribution < -0.4 is 9.64 Å². The third-order valence-electron chi connectivity index (χ3n) is 6.44. The van der Waals surface area contributed by atoms with Crippen molar-refractivity contribution in [2.75, 3.05) is 18.1 Å². The Balaban J connectivity index is 1.20. The van der Waals surface area contributed by atoms with Crippen molar-refractivity contribution < 1.29 is 33.4 Å². The molecule has 5 rings (SSSR count). The number of nitrogens with zero attached hydrogens (tertiary/aromatic N) is 1. The van der Waals surface area contributed by atoms with E-state index in [1.165, 1.54) is 46.6 Å². The molecule has 0 unspecified atom stereocenters. The van der Waals surface area contributed by atoms with Crippen molar-refractivity contribution in [1.82, 2.24) is 0 Å². The molecule has 41 heavy (non-hydrogen) atoms. The second-order valence-corrected chi connectivity index (χ2v) is 10.6. The Bertz CT molecular complexity index is 1620. The van der Waals surface area contributed by atoms with Crippen LogP contribution >= 0.6 is 22.9 Å². The lowest BCUT2D eigenvalue weighted by Crippen LogP contribution is -2.28. The molecule has 0 spiro atoms. The first-order valence-electron chi connectivity index (χ1n) is 12.6. The molecule has 1 saturated heterocycles. The van der Waals surface area contributed by atoms with Gasteiger partial charge in [-0.1, -0.05) is 48.0 Å². The summed E-state index contributed by atoms with van der Waals surface area (Å²) in [6.45, 7) is -0.524. The average molecular weight is 588 g/mol. The number of amides is 1. The topological polar surface area (TPSA) is 107 Å². The number of Topliss-reactive ketones (excluding diaryl/α,β-unsaturated/α-hetero) is 1. The van der Waals surface area contributed by atoms with Crippen LogP contribution in [0.15, 0.2) is 90.3 Å². The van der Waals surface area contributed by atoms with Gasteiger partial charge < -0.3 is 14.4 Å². The predicted molar refractivity (Wildman–Crippen MR) is 153 cm³/mol. The third-order valence-corrected chi connectivity index (χ3v) is 7.53. The zero-order valence-corrected chi connectivity index (χ0v) is 23.0. The number of esters is 2. The van der Waals surface area contributed by atoms with Crippen LogP contribution in [0.1, 0.15) is 42.4 Å². The fraction of sp³-hybridized carbons (Fsp3) is 0.129. The van der Waals surface area contributed by atoms with Gasteiger partial charge in [-0.3, -0.25) is 19.2 Å². The van der Waals surface area contributed by atoms with Gasteiger partial charge in [0.2, 0.25) is 5.91 Å². The van der Waals surface area contributed by atoms with Gasteiger partial charge >= 0.3 is 11.9 Å². The summed E-state index contributed by atoms with van der Waals surface area (Å²) in [4.78, 5) is 65.4. The molecule has 4 aromatic rings. The van der Waals surface area contributed by atoms with E-state index in [0.717, 1.165) is 0 Å². The number of thiophene rings is 1. The van der Waals surface area contributed by atoms with Gasteiger partial charge in [0.25, 0.3) is 0 Å². The molecule has 0 aliphatic carbocycles. The second kappa shape index (κ2) is 12.3. The van der Waals surface area contributed by atoms with E-state index in [2.05, 4.69) is 0 Å². The van der Waals surface area contributed by atoms with E-state index in [4.69, 9.17) is 21.1 Å².